The molecule has 1 fully saturated rings. The largest absolute Gasteiger partial charge is 0.394 e. The molecule has 6 aromatic rings. The van der Waals surface area contributed by atoms with Gasteiger partial charge >= 0.3 is 0 Å². The second kappa shape index (κ2) is 13.8. The Morgan fingerprint density at radius 2 is 1.54 bits per heavy atom. The molecule has 1 aliphatic heterocycles. The second-order valence-corrected chi connectivity index (χ2v) is 11.8. The van der Waals surface area contributed by atoms with E-state index >= 15 is 0 Å². The van der Waals surface area contributed by atoms with E-state index in [9.17, 15) is 15.3 Å². The number of aliphatic hydroxyl groups excluding tert-OH is 3. The van der Waals surface area contributed by atoms with E-state index in [4.69, 9.17) is 14.7 Å². The van der Waals surface area contributed by atoms with Gasteiger partial charge in [0.25, 0.3) is 0 Å². The summed E-state index contributed by atoms with van der Waals surface area (Å²) in [7, 11) is 1.60. The molecular formula is C34H36N10O4. The van der Waals surface area contributed by atoms with Crippen LogP contribution in [0.3, 0.4) is 0 Å². The van der Waals surface area contributed by atoms with Gasteiger partial charge in [0, 0.05) is 12.5 Å². The zero-order valence-corrected chi connectivity index (χ0v) is 26.2. The molecule has 5 N–H and O–H groups in total. The van der Waals surface area contributed by atoms with Crippen LogP contribution in [0.4, 0.5) is 11.8 Å². The molecule has 48 heavy (non-hydrogen) atoms. The average molecular weight is 649 g/mol. The van der Waals surface area contributed by atoms with Crippen LogP contribution < -0.4 is 10.6 Å². The van der Waals surface area contributed by atoms with Crippen LogP contribution in [0.5, 0.6) is 0 Å². The summed E-state index contributed by atoms with van der Waals surface area (Å²) in [5, 5.41) is 51.1. The van der Waals surface area contributed by atoms with Crippen LogP contribution in [0, 0.1) is 0 Å². The molecule has 0 radical (unpaired) electrons. The fourth-order valence-electron chi connectivity index (χ4n) is 6.05. The van der Waals surface area contributed by atoms with Crippen molar-refractivity contribution in [2.75, 3.05) is 23.8 Å². The van der Waals surface area contributed by atoms with Gasteiger partial charge in [0.05, 0.1) is 26.0 Å². The van der Waals surface area contributed by atoms with Gasteiger partial charge in [0.15, 0.2) is 29.3 Å². The van der Waals surface area contributed by atoms with E-state index in [-0.39, 0.29) is 24.3 Å². The molecule has 1 saturated heterocycles. The van der Waals surface area contributed by atoms with Crippen LogP contribution in [0.1, 0.15) is 40.8 Å². The van der Waals surface area contributed by atoms with Crippen molar-refractivity contribution >= 4 is 22.9 Å². The molecule has 1 unspecified atom stereocenters. The van der Waals surface area contributed by atoms with E-state index in [1.54, 1.807) is 11.6 Å². The lowest BCUT2D eigenvalue weighted by Gasteiger charge is -2.21. The quantitative estimate of drug-likeness (QED) is 0.131. The van der Waals surface area contributed by atoms with Gasteiger partial charge in [-0.25, -0.2) is 4.98 Å². The Morgan fingerprint density at radius 3 is 2.17 bits per heavy atom. The van der Waals surface area contributed by atoms with Crippen molar-refractivity contribution in [3.05, 3.63) is 120 Å². The summed E-state index contributed by atoms with van der Waals surface area (Å²) in [5.41, 5.74) is 4.10. The number of fused-ring (bicyclic) bond motifs is 1. The van der Waals surface area contributed by atoms with Gasteiger partial charge in [-0.1, -0.05) is 91.0 Å². The van der Waals surface area contributed by atoms with Crippen molar-refractivity contribution in [1.29, 1.82) is 0 Å². The maximum absolute atomic E-state index is 11.1. The number of hydrogen-bond acceptors (Lipinski definition) is 12. The van der Waals surface area contributed by atoms with Crippen LogP contribution in [0.25, 0.3) is 11.2 Å². The molecule has 14 heteroatoms. The highest BCUT2D eigenvalue weighted by molar-refractivity contribution is 5.84. The number of nitrogens with zero attached hydrogens (tertiary/aromatic N) is 8. The number of anilines is 2. The van der Waals surface area contributed by atoms with Crippen molar-refractivity contribution < 1.29 is 20.1 Å². The molecule has 4 heterocycles. The highest BCUT2D eigenvalue weighted by atomic mass is 16.6. The molecule has 246 valence electrons. The molecule has 0 aliphatic carbocycles. The van der Waals surface area contributed by atoms with Crippen molar-refractivity contribution in [2.24, 2.45) is 7.05 Å². The van der Waals surface area contributed by atoms with Gasteiger partial charge in [0.1, 0.15) is 12.2 Å². The van der Waals surface area contributed by atoms with Crippen LogP contribution >= 0.6 is 0 Å². The van der Waals surface area contributed by atoms with Crippen molar-refractivity contribution in [1.82, 2.24) is 39.7 Å². The summed E-state index contributed by atoms with van der Waals surface area (Å²) in [6.45, 7) is 0.327. The Kier molecular flexibility index (Phi) is 9.03. The lowest BCUT2D eigenvalue weighted by atomic mass is 9.91. The molecule has 3 aromatic carbocycles. The zero-order valence-electron chi connectivity index (χ0n) is 26.2. The van der Waals surface area contributed by atoms with Gasteiger partial charge in [-0.15, -0.1) is 10.2 Å². The Morgan fingerprint density at radius 1 is 0.875 bits per heavy atom. The van der Waals surface area contributed by atoms with E-state index in [0.717, 1.165) is 16.7 Å². The molecule has 0 spiro atoms. The highest BCUT2D eigenvalue weighted by Crippen LogP contribution is 2.39. The third-order valence-electron chi connectivity index (χ3n) is 8.47. The fraction of sp³-hybridized carbons (Fsp3) is 0.294. The topological polar surface area (TPSA) is 181 Å². The normalized spacial score (nSPS) is 19.9. The summed E-state index contributed by atoms with van der Waals surface area (Å²) in [5.74, 6) is 0.844. The van der Waals surface area contributed by atoms with E-state index in [2.05, 4.69) is 55.3 Å². The van der Waals surface area contributed by atoms with E-state index in [1.165, 1.54) is 11.1 Å². The van der Waals surface area contributed by atoms with E-state index in [1.807, 2.05) is 66.7 Å². The van der Waals surface area contributed by atoms with E-state index in [0.29, 0.717) is 29.9 Å². The van der Waals surface area contributed by atoms with Crippen LogP contribution in [-0.2, 0) is 18.2 Å². The predicted molar refractivity (Wildman–Crippen MR) is 177 cm³/mol. The van der Waals surface area contributed by atoms with E-state index < -0.39 is 30.6 Å². The number of imidazole rings is 1. The average Bonchev–Trinajstić information content (AvgIpc) is 3.83. The minimum atomic E-state index is -1.34. The lowest BCUT2D eigenvalue weighted by Crippen LogP contribution is -2.29. The first kappa shape index (κ1) is 31.3. The molecule has 0 saturated carbocycles. The van der Waals surface area contributed by atoms with Crippen molar-refractivity contribution in [3.8, 4) is 0 Å². The number of rotatable bonds is 12. The zero-order chi connectivity index (χ0) is 33.0. The molecule has 1 aliphatic rings. The molecule has 0 bridgehead atoms. The van der Waals surface area contributed by atoms with Gasteiger partial charge in [-0.2, -0.15) is 14.8 Å². The lowest BCUT2D eigenvalue weighted by molar-refractivity contribution is -0.0384. The Bertz CT molecular complexity index is 1900. The van der Waals surface area contributed by atoms with Crippen molar-refractivity contribution in [2.45, 2.75) is 42.9 Å². The van der Waals surface area contributed by atoms with Gasteiger partial charge in [-0.05, 0) is 28.3 Å². The number of hydrogen-bond donors (Lipinski definition) is 5. The van der Waals surface area contributed by atoms with Crippen LogP contribution in [-0.4, -0.2) is 86.4 Å². The highest BCUT2D eigenvalue weighted by Gasteiger charge is 2.47. The first-order valence-corrected chi connectivity index (χ1v) is 15.7. The first-order chi connectivity index (χ1) is 23.5. The fourth-order valence-corrected chi connectivity index (χ4v) is 6.05. The van der Waals surface area contributed by atoms with Crippen molar-refractivity contribution in [3.63, 3.8) is 0 Å². The summed E-state index contributed by atoms with van der Waals surface area (Å²) in [6, 6.07) is 29.9. The minimum absolute atomic E-state index is 0.00504. The van der Waals surface area contributed by atoms with Crippen LogP contribution in [0.2, 0.25) is 0 Å². The second-order valence-electron chi connectivity index (χ2n) is 11.8. The maximum atomic E-state index is 11.1. The maximum Gasteiger partial charge on any atom is 0.227 e. The molecule has 0 amide bonds. The molecular weight excluding hydrogens is 612 g/mol. The van der Waals surface area contributed by atoms with Gasteiger partial charge < -0.3 is 30.7 Å². The summed E-state index contributed by atoms with van der Waals surface area (Å²) in [4.78, 5) is 15.5. The van der Waals surface area contributed by atoms with Gasteiger partial charge in [0.2, 0.25) is 11.8 Å². The molecule has 5 atom stereocenters. The standard InChI is InChI=1S/C34H36N10O4/c1-43-41-31(40-42-43)29-27(46)28(47)33(48-29)44-20-36-26-30(35-18-25(22-13-7-3-8-14-22)23-15-9-4-10-16-23)38-34(39-32(26)44)37-24(19-45)17-21-11-5-2-6-12-21/h2-16,20,24-25,27-29,33,45-47H,17-19H2,1H3,(H2,35,37,38,39)/t24?,27-,28+,29-,33+/m0/s1. The number of aliphatic hydroxyl groups is 3. The molecule has 3 aromatic heterocycles. The van der Waals surface area contributed by atoms with Crippen LogP contribution in [0.15, 0.2) is 97.3 Å². The SMILES string of the molecule is Cn1nnc([C@H]2O[C@@H](n3cnc4c(NCC(c5ccccc5)c5ccccc5)nc(NC(CO)Cc5ccccc5)nc43)[C@H](O)[C@@H]2O)n1. The predicted octanol–water partition coefficient (Wildman–Crippen LogP) is 2.60. The Hall–Kier alpha value is -5.28. The minimum Gasteiger partial charge on any atom is -0.394 e. The summed E-state index contributed by atoms with van der Waals surface area (Å²) in [6.07, 6.45) is -2.71. The molecule has 7 rings (SSSR count). The third kappa shape index (κ3) is 6.46. The smallest absolute Gasteiger partial charge is 0.227 e. The number of ether oxygens (including phenoxy) is 1. The Labute approximate surface area is 276 Å². The summed E-state index contributed by atoms with van der Waals surface area (Å²) >= 11 is 0. The van der Waals surface area contributed by atoms with Gasteiger partial charge in [-0.3, -0.25) is 4.57 Å². The number of aryl methyl sites for hydroxylation is 1. The third-order valence-corrected chi connectivity index (χ3v) is 8.47. The molecule has 14 nitrogen and oxygen atoms in total. The Balaban J connectivity index is 1.25. The summed E-state index contributed by atoms with van der Waals surface area (Å²) < 4.78 is 7.68. The number of benzene rings is 3. The number of aromatic nitrogens is 8. The monoisotopic (exact) mass is 648 g/mol. The number of nitrogens with one attached hydrogen (secondary N) is 2. The first-order valence-electron chi connectivity index (χ1n) is 15.7. The number of tetrazole rings is 1.